The van der Waals surface area contributed by atoms with Gasteiger partial charge in [-0.05, 0) is 198 Å². The van der Waals surface area contributed by atoms with Gasteiger partial charge in [0, 0.05) is 88.5 Å². The van der Waals surface area contributed by atoms with Gasteiger partial charge in [0.1, 0.15) is 13.2 Å². The van der Waals surface area contributed by atoms with Crippen LogP contribution in [0.5, 0.6) is 11.5 Å². The van der Waals surface area contributed by atoms with Crippen LogP contribution in [0.1, 0.15) is 167 Å². The second-order valence-corrected chi connectivity index (χ2v) is 32.3. The highest BCUT2D eigenvalue weighted by atomic mass is 32.2. The van der Waals surface area contributed by atoms with Crippen molar-refractivity contribution in [1.29, 1.82) is 0 Å². The summed E-state index contributed by atoms with van der Waals surface area (Å²) < 4.78 is 296. The Bertz CT molecular complexity index is 3970. The molecule has 18 nitrogen and oxygen atoms in total. The molecule has 0 spiro atoms. The molecule has 2 aliphatic carbocycles. The number of carboxylic acids is 2. The number of ether oxygens (including phenoxy) is 2. The number of sulfone groups is 2. The molecule has 2 aromatic heterocycles. The first kappa shape index (κ1) is 88.7. The van der Waals surface area contributed by atoms with Crippen molar-refractivity contribution in [2.24, 2.45) is 23.7 Å². The number of rotatable bonds is 31. The standard InChI is InChI=1S/C37H44F8N4O5S.C36H41F9N4O5S/c1-5-48(21-25-8-6-24(7-9-25)14-33(50)51)32-11-10-28(36(40,41)42)17-27(32)22-49(34-46-19-31(20-47-34)54-12-13-55(4,52)53)23(2)26-15-29(35(3,38)39)18-30(16-26)37(43,44)45;1-4-48(20-24-7-5-23(6-8-24)13-32(50)51)31-10-9-27(34(37,38)39)16-26(31)21-49(33-46-18-30(19-47-33)54-11-12-55(3,52)53)22(2)25-14-28(35(40,41)42)17-29(15-25)36(43,44)45/h10-11,15-20,23-25H,5-9,12-14,21-22H2,1-4H3,(H,50,51);9-10,14-19,22-24H,4-8,11-13,20-21H2,1-3H3,(H,50,51)/t23-,24?,25?;22-,23?,24?/m10/s1. The summed E-state index contributed by atoms with van der Waals surface area (Å²) >= 11 is 0. The number of aromatic nitrogens is 4. The van der Waals surface area contributed by atoms with Crippen LogP contribution < -0.4 is 29.1 Å². The summed E-state index contributed by atoms with van der Waals surface area (Å²) in [6.45, 7) is 6.78. The first-order valence-electron chi connectivity index (χ1n) is 34.9. The van der Waals surface area contributed by atoms with E-state index in [-0.39, 0.29) is 107 Å². The van der Waals surface area contributed by atoms with Gasteiger partial charge in [-0.1, -0.05) is 0 Å². The van der Waals surface area contributed by atoms with Crippen molar-refractivity contribution in [3.8, 4) is 11.5 Å². The zero-order valence-corrected chi connectivity index (χ0v) is 62.5. The van der Waals surface area contributed by atoms with E-state index < -0.39 is 133 Å². The molecule has 0 radical (unpaired) electrons. The van der Waals surface area contributed by atoms with E-state index in [0.29, 0.717) is 120 Å². The van der Waals surface area contributed by atoms with Crippen LogP contribution in [-0.2, 0) is 79.2 Å². The molecular formula is C73H85F17N8O10S2. The summed E-state index contributed by atoms with van der Waals surface area (Å²) in [6, 6.07) is 6.58. The van der Waals surface area contributed by atoms with E-state index in [9.17, 15) is 111 Å². The lowest BCUT2D eigenvalue weighted by Gasteiger charge is -2.36. The number of carbonyl (C=O) groups is 2. The van der Waals surface area contributed by atoms with Crippen LogP contribution in [0.25, 0.3) is 0 Å². The molecule has 0 saturated heterocycles. The van der Waals surface area contributed by atoms with Gasteiger partial charge in [-0.15, -0.1) is 0 Å². The minimum absolute atomic E-state index is 0.00526. The Morgan fingerprint density at radius 2 is 0.745 bits per heavy atom. The van der Waals surface area contributed by atoms with E-state index in [1.165, 1.54) is 35.8 Å². The number of hydrogen-bond donors (Lipinski definition) is 2. The molecule has 2 heterocycles. The molecule has 2 aliphatic rings. The van der Waals surface area contributed by atoms with Crippen LogP contribution in [0.15, 0.2) is 97.6 Å². The number of aliphatic carboxylic acids is 2. The van der Waals surface area contributed by atoms with Crippen LogP contribution in [-0.4, -0.2) is 122 Å². The smallest absolute Gasteiger partial charge is 0.416 e. The van der Waals surface area contributed by atoms with Crippen molar-refractivity contribution in [2.45, 2.75) is 161 Å². The number of nitrogens with zero attached hydrogens (tertiary/aromatic N) is 8. The molecule has 608 valence electrons. The maximum Gasteiger partial charge on any atom is 0.416 e. The summed E-state index contributed by atoms with van der Waals surface area (Å²) in [5, 5.41) is 18.4. The quantitative estimate of drug-likeness (QED) is 0.0386. The first-order chi connectivity index (χ1) is 50.9. The summed E-state index contributed by atoms with van der Waals surface area (Å²) in [5.74, 6) is -6.39. The van der Waals surface area contributed by atoms with Gasteiger partial charge in [0.15, 0.2) is 31.2 Å². The van der Waals surface area contributed by atoms with E-state index in [2.05, 4.69) is 19.9 Å². The number of anilines is 4. The number of hydrogen-bond acceptors (Lipinski definition) is 16. The van der Waals surface area contributed by atoms with E-state index in [4.69, 9.17) is 9.47 Å². The molecule has 2 atom stereocenters. The molecule has 2 N–H and O–H groups in total. The lowest BCUT2D eigenvalue weighted by molar-refractivity contribution is -0.144. The van der Waals surface area contributed by atoms with Crippen molar-refractivity contribution < 1.29 is 121 Å². The highest BCUT2D eigenvalue weighted by Gasteiger charge is 2.41. The van der Waals surface area contributed by atoms with E-state index in [1.54, 1.807) is 6.92 Å². The molecular weight excluding hydrogens is 1540 g/mol. The molecule has 110 heavy (non-hydrogen) atoms. The van der Waals surface area contributed by atoms with Crippen molar-refractivity contribution in [1.82, 2.24) is 19.9 Å². The SMILES string of the molecule is CCN(CC1CCC(CC(=O)O)CC1)c1ccc(C(F)(F)F)cc1CN(c1ncc(OCCS(C)(=O)=O)cn1)[C@@H](C)c1cc(C(F)(F)F)cc(C(F)(F)F)c1.CCN(CC1CCC(CC(=O)O)CC1)c1ccc(C(F)(F)F)cc1CN(c1ncc(OCCS(C)(=O)=O)cn1)[C@H](C)c1cc(C(C)(F)F)cc(C(F)(F)F)c1. The Hall–Kier alpha value is -8.51. The maximum atomic E-state index is 14.6. The van der Waals surface area contributed by atoms with Gasteiger partial charge < -0.3 is 39.3 Å². The van der Waals surface area contributed by atoms with Gasteiger partial charge >= 0.3 is 42.8 Å². The molecule has 37 heteroatoms. The molecule has 0 unspecified atom stereocenters. The van der Waals surface area contributed by atoms with Crippen molar-refractivity contribution in [2.75, 3.05) is 83.0 Å². The van der Waals surface area contributed by atoms with Crippen LogP contribution >= 0.6 is 0 Å². The Morgan fingerprint density at radius 3 is 1.02 bits per heavy atom. The predicted octanol–water partition coefficient (Wildman–Crippen LogP) is 17.8. The zero-order chi connectivity index (χ0) is 81.9. The van der Waals surface area contributed by atoms with Crippen LogP contribution in [0.2, 0.25) is 0 Å². The largest absolute Gasteiger partial charge is 0.489 e. The lowest BCUT2D eigenvalue weighted by atomic mass is 9.80. The Balaban J connectivity index is 0.000000306. The summed E-state index contributed by atoms with van der Waals surface area (Å²) in [6.07, 6.45) is -12.9. The maximum absolute atomic E-state index is 14.6. The third kappa shape index (κ3) is 26.3. The minimum Gasteiger partial charge on any atom is -0.489 e. The topological polar surface area (TPSA) is 226 Å². The summed E-state index contributed by atoms with van der Waals surface area (Å²) in [5.41, 5.74) is -7.33. The van der Waals surface area contributed by atoms with Gasteiger partial charge in [-0.25, -0.2) is 45.6 Å². The number of alkyl halides is 17. The highest BCUT2D eigenvalue weighted by molar-refractivity contribution is 7.90. The van der Waals surface area contributed by atoms with Crippen LogP contribution in [0.3, 0.4) is 0 Å². The molecule has 0 amide bonds. The number of carboxylic acid groups (broad SMARTS) is 2. The van der Waals surface area contributed by atoms with Gasteiger partial charge in [0.25, 0.3) is 5.92 Å². The third-order valence-corrected chi connectivity index (χ3v) is 21.1. The number of benzene rings is 4. The van der Waals surface area contributed by atoms with Crippen molar-refractivity contribution >= 4 is 54.9 Å². The molecule has 4 aromatic carbocycles. The Morgan fingerprint density at radius 1 is 0.455 bits per heavy atom. The van der Waals surface area contributed by atoms with E-state index in [0.717, 1.165) is 67.6 Å². The molecule has 0 aliphatic heterocycles. The molecule has 8 rings (SSSR count). The number of halogens is 17. The van der Waals surface area contributed by atoms with E-state index >= 15 is 0 Å². The molecule has 2 saturated carbocycles. The highest BCUT2D eigenvalue weighted by Crippen LogP contribution is 2.45. The zero-order valence-electron chi connectivity index (χ0n) is 60.8. The lowest BCUT2D eigenvalue weighted by Crippen LogP contribution is -2.34. The summed E-state index contributed by atoms with van der Waals surface area (Å²) in [7, 11) is -6.78. The van der Waals surface area contributed by atoms with Gasteiger partial charge in [-0.2, -0.15) is 65.9 Å². The fraction of sp³-hybridized carbons (Fsp3) is 0.534. The minimum atomic E-state index is -5.18. The fourth-order valence-corrected chi connectivity index (χ4v) is 14.0. The van der Waals surface area contributed by atoms with Crippen molar-refractivity contribution in [3.63, 3.8) is 0 Å². The predicted molar refractivity (Wildman–Crippen MR) is 375 cm³/mol. The van der Waals surface area contributed by atoms with Crippen LogP contribution in [0.4, 0.5) is 97.9 Å². The molecule has 6 aromatic rings. The molecule has 0 bridgehead atoms. The van der Waals surface area contributed by atoms with Gasteiger partial charge in [-0.3, -0.25) is 9.59 Å². The third-order valence-electron chi connectivity index (χ3n) is 19.2. The second kappa shape index (κ2) is 36.3. The Labute approximate surface area is 625 Å². The fourth-order valence-electron chi connectivity index (χ4n) is 13.2. The van der Waals surface area contributed by atoms with Gasteiger partial charge in [0.2, 0.25) is 11.9 Å². The van der Waals surface area contributed by atoms with Gasteiger partial charge in [0.05, 0.1) is 76.2 Å². The normalized spacial score (nSPS) is 17.5. The van der Waals surface area contributed by atoms with Crippen molar-refractivity contribution in [3.05, 3.63) is 153 Å². The average Bonchev–Trinajstić information content (AvgIpc) is 0.786. The Kier molecular flexibility index (Phi) is 29.3. The molecule has 2 fully saturated rings. The summed E-state index contributed by atoms with van der Waals surface area (Å²) in [4.78, 5) is 45.5. The van der Waals surface area contributed by atoms with E-state index in [1.807, 2.05) is 16.7 Å². The monoisotopic (exact) mass is 1620 g/mol. The first-order valence-corrected chi connectivity index (χ1v) is 39.0. The second-order valence-electron chi connectivity index (χ2n) is 27.8. The average molecular weight is 1620 g/mol. The van der Waals surface area contributed by atoms with Crippen LogP contribution in [0, 0.1) is 23.7 Å².